The lowest BCUT2D eigenvalue weighted by Gasteiger charge is -2.01. The molecule has 0 atom stereocenters. The molecule has 0 unspecified atom stereocenters. The second-order valence-corrected chi connectivity index (χ2v) is 2.94. The molecule has 0 radical (unpaired) electrons. The van der Waals surface area contributed by atoms with Gasteiger partial charge in [0.1, 0.15) is 0 Å². The topological polar surface area (TPSA) is 59.6 Å². The Balaban J connectivity index is 2.59. The van der Waals surface area contributed by atoms with Gasteiger partial charge >= 0.3 is 0 Å². The average Bonchev–Trinajstić information content (AvgIpc) is 2.47. The van der Waals surface area contributed by atoms with Gasteiger partial charge in [0.2, 0.25) is 10.7 Å². The van der Waals surface area contributed by atoms with Gasteiger partial charge in [0.15, 0.2) is 0 Å². The lowest BCUT2D eigenvalue weighted by Crippen LogP contribution is -2.01. The number of nitrogens with one attached hydrogen (secondary N) is 1. The molecular formula is C8H8N4S. The molecule has 1 heterocycles. The number of benzene rings is 1. The summed E-state index contributed by atoms with van der Waals surface area (Å²) < 4.78 is 2.03. The largest absolute Gasteiger partial charge is 0.368 e. The maximum Gasteiger partial charge on any atom is 0.222 e. The fraction of sp³-hybridized carbons (Fsp3) is 0. The maximum absolute atomic E-state index is 5.63. The minimum atomic E-state index is 0.371. The highest BCUT2D eigenvalue weighted by Gasteiger charge is 2.00. The summed E-state index contributed by atoms with van der Waals surface area (Å²) in [5, 5.41) is 2.86. The Morgan fingerprint density at radius 2 is 2.00 bits per heavy atom. The number of nitrogen functional groups attached to an aromatic ring is 1. The Hall–Kier alpha value is -1.62. The Bertz CT molecular complexity index is 456. The first-order valence-electron chi connectivity index (χ1n) is 3.77. The molecule has 13 heavy (non-hydrogen) atoms. The molecular weight excluding hydrogens is 184 g/mol. The smallest absolute Gasteiger partial charge is 0.222 e. The molecule has 1 aromatic heterocycles. The van der Waals surface area contributed by atoms with Gasteiger partial charge in [-0.05, 0) is 24.4 Å². The summed E-state index contributed by atoms with van der Waals surface area (Å²) in [7, 11) is 0. The minimum absolute atomic E-state index is 0.371. The van der Waals surface area contributed by atoms with Crippen molar-refractivity contribution in [2.45, 2.75) is 0 Å². The van der Waals surface area contributed by atoms with Crippen molar-refractivity contribution in [3.8, 4) is 5.69 Å². The summed E-state index contributed by atoms with van der Waals surface area (Å²) in [4.78, 5) is 3.89. The Morgan fingerprint density at radius 3 is 2.54 bits per heavy atom. The van der Waals surface area contributed by atoms with Crippen LogP contribution in [-0.4, -0.2) is 14.8 Å². The van der Waals surface area contributed by atoms with Crippen molar-refractivity contribution in [2.24, 2.45) is 0 Å². The zero-order chi connectivity index (χ0) is 9.26. The average molecular weight is 192 g/mol. The van der Waals surface area contributed by atoms with Crippen molar-refractivity contribution >= 4 is 18.2 Å². The molecule has 0 bridgehead atoms. The van der Waals surface area contributed by atoms with Gasteiger partial charge in [-0.15, -0.1) is 0 Å². The van der Waals surface area contributed by atoms with Crippen LogP contribution in [0.5, 0.6) is 0 Å². The second kappa shape index (κ2) is 3.02. The number of hydrogen-bond acceptors (Lipinski definition) is 3. The van der Waals surface area contributed by atoms with Gasteiger partial charge in [-0.3, -0.25) is 5.10 Å². The van der Waals surface area contributed by atoms with Crippen LogP contribution in [0.15, 0.2) is 30.3 Å². The number of aromatic nitrogens is 3. The number of anilines is 1. The van der Waals surface area contributed by atoms with Crippen molar-refractivity contribution in [3.63, 3.8) is 0 Å². The van der Waals surface area contributed by atoms with Gasteiger partial charge in [-0.25, -0.2) is 4.68 Å². The lowest BCUT2D eigenvalue weighted by molar-refractivity contribution is 0.885. The fourth-order valence-electron chi connectivity index (χ4n) is 1.11. The summed E-state index contributed by atoms with van der Waals surface area (Å²) in [5.74, 6) is 0.371. The van der Waals surface area contributed by atoms with E-state index in [1.807, 2.05) is 30.3 Å². The highest BCUT2D eigenvalue weighted by atomic mass is 32.1. The molecule has 0 spiro atoms. The zero-order valence-electron chi connectivity index (χ0n) is 6.77. The van der Waals surface area contributed by atoms with E-state index in [1.165, 1.54) is 0 Å². The number of nitrogens with zero attached hydrogens (tertiary/aromatic N) is 2. The van der Waals surface area contributed by atoms with Gasteiger partial charge in [-0.2, -0.15) is 4.98 Å². The number of hydrogen-bond donors (Lipinski definition) is 2. The van der Waals surface area contributed by atoms with E-state index in [0.717, 1.165) is 5.69 Å². The Labute approximate surface area is 80.0 Å². The first kappa shape index (κ1) is 8.00. The van der Waals surface area contributed by atoms with Crippen LogP contribution >= 0.6 is 12.2 Å². The Morgan fingerprint density at radius 1 is 1.31 bits per heavy atom. The highest BCUT2D eigenvalue weighted by molar-refractivity contribution is 7.71. The number of rotatable bonds is 1. The number of para-hydroxylation sites is 1. The first-order valence-corrected chi connectivity index (χ1v) is 4.18. The number of H-pyrrole nitrogens is 1. The zero-order valence-corrected chi connectivity index (χ0v) is 7.58. The summed E-state index contributed by atoms with van der Waals surface area (Å²) in [6.07, 6.45) is 0. The molecule has 0 aliphatic rings. The van der Waals surface area contributed by atoms with E-state index in [0.29, 0.717) is 10.7 Å². The molecule has 5 heteroatoms. The molecule has 2 aromatic rings. The molecule has 0 saturated heterocycles. The minimum Gasteiger partial charge on any atom is -0.368 e. The van der Waals surface area contributed by atoms with Gasteiger partial charge < -0.3 is 5.73 Å². The van der Waals surface area contributed by atoms with Crippen molar-refractivity contribution < 1.29 is 0 Å². The van der Waals surface area contributed by atoms with Crippen LogP contribution in [0.25, 0.3) is 5.69 Å². The molecule has 0 aliphatic carbocycles. The molecule has 1 aromatic carbocycles. The third-order valence-electron chi connectivity index (χ3n) is 1.67. The first-order chi connectivity index (χ1) is 6.27. The van der Waals surface area contributed by atoms with Gasteiger partial charge in [-0.1, -0.05) is 18.2 Å². The summed E-state index contributed by atoms with van der Waals surface area (Å²) in [5.41, 5.74) is 6.55. The predicted molar refractivity (Wildman–Crippen MR) is 53.2 cm³/mol. The van der Waals surface area contributed by atoms with E-state index in [9.17, 15) is 0 Å². The normalized spacial score (nSPS) is 10.2. The maximum atomic E-state index is 5.63. The van der Waals surface area contributed by atoms with E-state index in [1.54, 1.807) is 4.68 Å². The van der Waals surface area contributed by atoms with Crippen LogP contribution in [0.1, 0.15) is 0 Å². The SMILES string of the molecule is Nc1nc(=S)[nH]n1-c1ccccc1. The van der Waals surface area contributed by atoms with E-state index in [-0.39, 0.29) is 0 Å². The van der Waals surface area contributed by atoms with Crippen molar-refractivity contribution in [3.05, 3.63) is 35.1 Å². The van der Waals surface area contributed by atoms with Gasteiger partial charge in [0.05, 0.1) is 5.69 Å². The molecule has 0 fully saturated rings. The van der Waals surface area contributed by atoms with Crippen LogP contribution in [0, 0.1) is 4.77 Å². The van der Waals surface area contributed by atoms with Crippen molar-refractivity contribution in [1.29, 1.82) is 0 Å². The lowest BCUT2D eigenvalue weighted by atomic mass is 10.3. The molecule has 2 rings (SSSR count). The molecule has 4 nitrogen and oxygen atoms in total. The van der Waals surface area contributed by atoms with E-state index in [4.69, 9.17) is 18.0 Å². The van der Waals surface area contributed by atoms with Crippen LogP contribution in [0.3, 0.4) is 0 Å². The molecule has 3 N–H and O–H groups in total. The third kappa shape index (κ3) is 1.46. The molecule has 0 aliphatic heterocycles. The van der Waals surface area contributed by atoms with Crippen LogP contribution in [0.2, 0.25) is 0 Å². The second-order valence-electron chi connectivity index (χ2n) is 2.56. The van der Waals surface area contributed by atoms with Crippen LogP contribution in [0.4, 0.5) is 5.95 Å². The van der Waals surface area contributed by atoms with E-state index in [2.05, 4.69) is 10.1 Å². The summed E-state index contributed by atoms with van der Waals surface area (Å²) >= 11 is 4.85. The van der Waals surface area contributed by atoms with Gasteiger partial charge in [0.25, 0.3) is 0 Å². The van der Waals surface area contributed by atoms with E-state index >= 15 is 0 Å². The fourth-order valence-corrected chi connectivity index (χ4v) is 1.29. The number of aromatic amines is 1. The van der Waals surface area contributed by atoms with E-state index < -0.39 is 0 Å². The standard InChI is InChI=1S/C8H8N4S/c9-7-10-8(13)11-12(7)6-4-2-1-3-5-6/h1-5H,(H3,9,10,11,13). The monoisotopic (exact) mass is 192 g/mol. The highest BCUT2D eigenvalue weighted by Crippen LogP contribution is 2.08. The third-order valence-corrected chi connectivity index (χ3v) is 1.85. The molecule has 66 valence electrons. The van der Waals surface area contributed by atoms with Crippen LogP contribution in [-0.2, 0) is 0 Å². The number of nitrogens with two attached hydrogens (primary N) is 1. The van der Waals surface area contributed by atoms with Crippen LogP contribution < -0.4 is 5.73 Å². The van der Waals surface area contributed by atoms with Crippen molar-refractivity contribution in [2.75, 3.05) is 5.73 Å². The summed E-state index contributed by atoms with van der Waals surface area (Å²) in [6.45, 7) is 0. The predicted octanol–water partition coefficient (Wildman–Crippen LogP) is 1.51. The van der Waals surface area contributed by atoms with Gasteiger partial charge in [0, 0.05) is 0 Å². The van der Waals surface area contributed by atoms with Crippen molar-refractivity contribution in [1.82, 2.24) is 14.8 Å². The molecule has 0 amide bonds. The quantitative estimate of drug-likeness (QED) is 0.673. The Kier molecular flexibility index (Phi) is 1.86. The molecule has 0 saturated carbocycles. The summed E-state index contributed by atoms with van der Waals surface area (Å²) in [6, 6.07) is 9.62.